The summed E-state index contributed by atoms with van der Waals surface area (Å²) in [4.78, 5) is 35.5. The van der Waals surface area contributed by atoms with Crippen LogP contribution in [0, 0.1) is 20.8 Å². The fourth-order valence-electron chi connectivity index (χ4n) is 2.46. The fourth-order valence-corrected chi connectivity index (χ4v) is 2.46. The molecular weight excluding hydrogens is 344 g/mol. The molecule has 0 heterocycles. The van der Waals surface area contributed by atoms with Crippen LogP contribution < -0.4 is 21.5 Å². The van der Waals surface area contributed by atoms with E-state index in [0.717, 1.165) is 22.4 Å². The van der Waals surface area contributed by atoms with Gasteiger partial charge in [-0.3, -0.25) is 25.2 Å². The molecule has 142 valence electrons. The first kappa shape index (κ1) is 20.0. The van der Waals surface area contributed by atoms with Gasteiger partial charge in [-0.25, -0.2) is 0 Å². The van der Waals surface area contributed by atoms with Crippen LogP contribution in [0.2, 0.25) is 0 Å². The highest BCUT2D eigenvalue weighted by atomic mass is 16.2. The Kier molecular flexibility index (Phi) is 6.93. The van der Waals surface area contributed by atoms with E-state index in [1.54, 1.807) is 18.2 Å². The Morgan fingerprint density at radius 3 is 2.15 bits per heavy atom. The van der Waals surface area contributed by atoms with Gasteiger partial charge in [-0.05, 0) is 44.5 Å². The smallest absolute Gasteiger partial charge is 0.257 e. The largest absolute Gasteiger partial charge is 0.376 e. The molecule has 0 radical (unpaired) electrons. The number of benzene rings is 2. The SMILES string of the molecule is Cc1cccc(C(=O)NCC(=O)NNC(=O)CNc2ccc(C)cc2C)c1. The Morgan fingerprint density at radius 2 is 1.48 bits per heavy atom. The second-order valence-corrected chi connectivity index (χ2v) is 6.32. The van der Waals surface area contributed by atoms with Crippen LogP contribution in [-0.2, 0) is 9.59 Å². The van der Waals surface area contributed by atoms with Gasteiger partial charge < -0.3 is 10.6 Å². The normalized spacial score (nSPS) is 10.0. The quantitative estimate of drug-likeness (QED) is 0.582. The minimum Gasteiger partial charge on any atom is -0.376 e. The first-order chi connectivity index (χ1) is 12.8. The summed E-state index contributed by atoms with van der Waals surface area (Å²) in [6, 6.07) is 12.9. The van der Waals surface area contributed by atoms with Crippen LogP contribution in [0.1, 0.15) is 27.0 Å². The highest BCUT2D eigenvalue weighted by Crippen LogP contribution is 2.15. The molecular formula is C20H24N4O3. The van der Waals surface area contributed by atoms with E-state index >= 15 is 0 Å². The van der Waals surface area contributed by atoms with E-state index in [1.807, 2.05) is 45.0 Å². The van der Waals surface area contributed by atoms with Crippen LogP contribution in [-0.4, -0.2) is 30.8 Å². The van der Waals surface area contributed by atoms with Crippen LogP contribution in [0.5, 0.6) is 0 Å². The summed E-state index contributed by atoms with van der Waals surface area (Å²) in [5.74, 6) is -1.26. The Balaban J connectivity index is 1.70. The number of nitrogens with one attached hydrogen (secondary N) is 4. The molecule has 7 nitrogen and oxygen atoms in total. The molecule has 0 aliphatic carbocycles. The van der Waals surface area contributed by atoms with E-state index in [0.29, 0.717) is 5.56 Å². The first-order valence-electron chi connectivity index (χ1n) is 8.59. The second kappa shape index (κ2) is 9.38. The summed E-state index contributed by atoms with van der Waals surface area (Å²) in [5.41, 5.74) is 9.03. The van der Waals surface area contributed by atoms with Gasteiger partial charge in [0.05, 0.1) is 13.1 Å². The van der Waals surface area contributed by atoms with Crippen molar-refractivity contribution in [2.24, 2.45) is 0 Å². The Hall–Kier alpha value is -3.35. The molecule has 2 aromatic rings. The minimum absolute atomic E-state index is 0.0137. The molecule has 0 atom stereocenters. The predicted octanol–water partition coefficient (Wildman–Crippen LogP) is 1.60. The van der Waals surface area contributed by atoms with E-state index in [4.69, 9.17) is 0 Å². The molecule has 2 aromatic carbocycles. The molecule has 0 saturated heterocycles. The molecule has 0 aromatic heterocycles. The minimum atomic E-state index is -0.518. The van der Waals surface area contributed by atoms with Crippen molar-refractivity contribution in [2.75, 3.05) is 18.4 Å². The lowest BCUT2D eigenvalue weighted by Crippen LogP contribution is -2.48. The zero-order valence-electron chi connectivity index (χ0n) is 15.7. The third kappa shape index (κ3) is 6.47. The van der Waals surface area contributed by atoms with Gasteiger partial charge in [-0.1, -0.05) is 35.4 Å². The van der Waals surface area contributed by atoms with Gasteiger partial charge in [0, 0.05) is 11.3 Å². The number of anilines is 1. The van der Waals surface area contributed by atoms with Crippen molar-refractivity contribution in [3.63, 3.8) is 0 Å². The maximum absolute atomic E-state index is 12.0. The number of hydrazine groups is 1. The van der Waals surface area contributed by atoms with Crippen LogP contribution in [0.4, 0.5) is 5.69 Å². The molecule has 0 bridgehead atoms. The molecule has 27 heavy (non-hydrogen) atoms. The monoisotopic (exact) mass is 368 g/mol. The van der Waals surface area contributed by atoms with E-state index < -0.39 is 11.8 Å². The highest BCUT2D eigenvalue weighted by Gasteiger charge is 2.09. The summed E-state index contributed by atoms with van der Waals surface area (Å²) < 4.78 is 0. The molecule has 0 spiro atoms. The summed E-state index contributed by atoms with van der Waals surface area (Å²) in [5, 5.41) is 5.51. The molecule has 4 N–H and O–H groups in total. The molecule has 2 rings (SSSR count). The first-order valence-corrected chi connectivity index (χ1v) is 8.59. The number of carbonyl (C=O) groups is 3. The van der Waals surface area contributed by atoms with E-state index in [1.165, 1.54) is 0 Å². The third-order valence-electron chi connectivity index (χ3n) is 3.85. The summed E-state index contributed by atoms with van der Waals surface area (Å²) in [6.07, 6.45) is 0. The standard InChI is InChI=1S/C20H24N4O3/c1-13-5-4-6-16(10-13)20(27)22-12-19(26)24-23-18(25)11-21-17-8-7-14(2)9-15(17)3/h4-10,21H,11-12H2,1-3H3,(H,22,27)(H,23,25)(H,24,26). The third-order valence-corrected chi connectivity index (χ3v) is 3.85. The molecule has 0 aliphatic rings. The summed E-state index contributed by atoms with van der Waals surface area (Å²) in [7, 11) is 0. The molecule has 7 heteroatoms. The number of aryl methyl sites for hydroxylation is 3. The Labute approximate surface area is 158 Å². The lowest BCUT2D eigenvalue weighted by Gasteiger charge is -2.11. The number of amides is 3. The van der Waals surface area contributed by atoms with Gasteiger partial charge in [0.25, 0.3) is 17.7 Å². The lowest BCUT2D eigenvalue weighted by atomic mass is 10.1. The number of hydrogen-bond donors (Lipinski definition) is 4. The lowest BCUT2D eigenvalue weighted by molar-refractivity contribution is -0.127. The Bertz CT molecular complexity index is 849. The van der Waals surface area contributed by atoms with Crippen molar-refractivity contribution >= 4 is 23.4 Å². The van der Waals surface area contributed by atoms with Gasteiger partial charge in [0.2, 0.25) is 0 Å². The maximum atomic E-state index is 12.0. The highest BCUT2D eigenvalue weighted by molar-refractivity contribution is 5.96. The van der Waals surface area contributed by atoms with Crippen molar-refractivity contribution in [3.8, 4) is 0 Å². The average molecular weight is 368 g/mol. The molecule has 0 saturated carbocycles. The maximum Gasteiger partial charge on any atom is 0.257 e. The number of carbonyl (C=O) groups excluding carboxylic acids is 3. The summed E-state index contributed by atoms with van der Waals surface area (Å²) >= 11 is 0. The zero-order valence-corrected chi connectivity index (χ0v) is 15.7. The van der Waals surface area contributed by atoms with Gasteiger partial charge in [0.15, 0.2) is 0 Å². The molecule has 0 fully saturated rings. The Morgan fingerprint density at radius 1 is 0.815 bits per heavy atom. The average Bonchev–Trinajstić information content (AvgIpc) is 2.63. The molecule has 0 aliphatic heterocycles. The number of rotatable bonds is 6. The number of hydrogen-bond acceptors (Lipinski definition) is 4. The molecule has 0 unspecified atom stereocenters. The zero-order chi connectivity index (χ0) is 19.8. The van der Waals surface area contributed by atoms with Crippen LogP contribution in [0.15, 0.2) is 42.5 Å². The second-order valence-electron chi connectivity index (χ2n) is 6.32. The van der Waals surface area contributed by atoms with Crippen LogP contribution in [0.3, 0.4) is 0 Å². The van der Waals surface area contributed by atoms with Gasteiger partial charge in [0.1, 0.15) is 0 Å². The fraction of sp³-hybridized carbons (Fsp3) is 0.250. The van der Waals surface area contributed by atoms with E-state index in [2.05, 4.69) is 21.5 Å². The van der Waals surface area contributed by atoms with Crippen molar-refractivity contribution < 1.29 is 14.4 Å². The predicted molar refractivity (Wildman–Crippen MR) is 104 cm³/mol. The van der Waals surface area contributed by atoms with Crippen LogP contribution in [0.25, 0.3) is 0 Å². The van der Waals surface area contributed by atoms with Gasteiger partial charge in [-0.15, -0.1) is 0 Å². The van der Waals surface area contributed by atoms with E-state index in [9.17, 15) is 14.4 Å². The van der Waals surface area contributed by atoms with Crippen molar-refractivity contribution in [1.29, 1.82) is 0 Å². The molecule has 3 amide bonds. The van der Waals surface area contributed by atoms with E-state index in [-0.39, 0.29) is 19.0 Å². The topological polar surface area (TPSA) is 99.3 Å². The van der Waals surface area contributed by atoms with Crippen molar-refractivity contribution in [1.82, 2.24) is 16.2 Å². The van der Waals surface area contributed by atoms with Crippen molar-refractivity contribution in [3.05, 3.63) is 64.7 Å². The van der Waals surface area contributed by atoms with Gasteiger partial charge >= 0.3 is 0 Å². The summed E-state index contributed by atoms with van der Waals surface area (Å²) in [6.45, 7) is 5.60. The van der Waals surface area contributed by atoms with Crippen LogP contribution >= 0.6 is 0 Å². The van der Waals surface area contributed by atoms with Crippen molar-refractivity contribution in [2.45, 2.75) is 20.8 Å². The van der Waals surface area contributed by atoms with Gasteiger partial charge in [-0.2, -0.15) is 0 Å².